The maximum Gasteiger partial charge on any atom is 0.184 e. The summed E-state index contributed by atoms with van der Waals surface area (Å²) >= 11 is 0. The molecule has 0 fully saturated rings. The van der Waals surface area contributed by atoms with Gasteiger partial charge < -0.3 is 28.4 Å². The van der Waals surface area contributed by atoms with Crippen LogP contribution < -0.4 is 39.9 Å². The van der Waals surface area contributed by atoms with Gasteiger partial charge in [-0.05, 0) is 68.0 Å². The Labute approximate surface area is 230 Å². The smallest absolute Gasteiger partial charge is 0.184 e. The molecule has 4 aromatic carbocycles. The molecule has 4 heteroatoms. The first kappa shape index (κ1) is 27.8. The minimum Gasteiger partial charge on any atom is -1.00 e. The Morgan fingerprint density at radius 3 is 1.34 bits per heavy atom. The van der Waals surface area contributed by atoms with E-state index in [0.717, 1.165) is 19.0 Å². The molecule has 0 saturated carbocycles. The maximum atomic E-state index is 6.80. The zero-order chi connectivity index (χ0) is 23.9. The molecule has 4 aromatic rings. The van der Waals surface area contributed by atoms with Gasteiger partial charge in [-0.25, -0.2) is 0 Å². The van der Waals surface area contributed by atoms with Gasteiger partial charge >= 0.3 is 0 Å². The zero-order valence-corrected chi connectivity index (χ0v) is 25.0. The molecule has 0 heterocycles. The van der Waals surface area contributed by atoms with Crippen LogP contribution in [0.4, 0.5) is 0 Å². The average molecular weight is 611 g/mol. The van der Waals surface area contributed by atoms with E-state index in [4.69, 9.17) is 4.43 Å². The number of halogens is 1. The van der Waals surface area contributed by atoms with Crippen LogP contribution >= 0.6 is 7.26 Å². The lowest BCUT2D eigenvalue weighted by Gasteiger charge is -2.31. The van der Waals surface area contributed by atoms with Crippen LogP contribution in [0.15, 0.2) is 121 Å². The molecule has 0 amide bonds. The predicted molar refractivity (Wildman–Crippen MR) is 153 cm³/mol. The normalized spacial score (nSPS) is 12.5. The molecule has 35 heavy (non-hydrogen) atoms. The fourth-order valence-corrected chi connectivity index (χ4v) is 10.4. The van der Waals surface area contributed by atoms with E-state index >= 15 is 0 Å². The van der Waals surface area contributed by atoms with Crippen molar-refractivity contribution in [1.29, 1.82) is 0 Å². The van der Waals surface area contributed by atoms with Crippen molar-refractivity contribution in [1.82, 2.24) is 0 Å². The van der Waals surface area contributed by atoms with Crippen molar-refractivity contribution in [2.75, 3.05) is 6.16 Å². The highest BCUT2D eigenvalue weighted by molar-refractivity contribution is 7.95. The first-order valence-corrected chi connectivity index (χ1v) is 17.6. The SMILES string of the molecule is C[Si](C)(C)O[C@@H](CC[P+](c1ccccc1)(c1ccccc1)c1ccccc1)Cc1ccccc1.[I-]. The van der Waals surface area contributed by atoms with Gasteiger partial charge in [-0.2, -0.15) is 0 Å². The minimum atomic E-state index is -1.84. The third-order valence-electron chi connectivity index (χ3n) is 6.20. The van der Waals surface area contributed by atoms with Crippen LogP contribution in [-0.2, 0) is 10.8 Å². The largest absolute Gasteiger partial charge is 1.00 e. The van der Waals surface area contributed by atoms with Crippen LogP contribution in [0, 0.1) is 0 Å². The lowest BCUT2D eigenvalue weighted by atomic mass is 10.1. The molecular weight excluding hydrogens is 574 g/mol. The summed E-state index contributed by atoms with van der Waals surface area (Å²) < 4.78 is 6.80. The summed E-state index contributed by atoms with van der Waals surface area (Å²) in [5.41, 5.74) is 1.36. The van der Waals surface area contributed by atoms with Gasteiger partial charge in [0.15, 0.2) is 8.32 Å². The predicted octanol–water partition coefficient (Wildman–Crippen LogP) is 3.84. The number of hydrogen-bond acceptors (Lipinski definition) is 1. The van der Waals surface area contributed by atoms with Crippen molar-refractivity contribution >= 4 is 31.5 Å². The Morgan fingerprint density at radius 1 is 0.600 bits per heavy atom. The molecule has 0 aliphatic heterocycles. The summed E-state index contributed by atoms with van der Waals surface area (Å²) in [6.07, 6.45) is 3.30. The van der Waals surface area contributed by atoms with E-state index in [1.807, 2.05) is 0 Å². The van der Waals surface area contributed by atoms with Crippen molar-refractivity contribution in [3.8, 4) is 0 Å². The van der Waals surface area contributed by atoms with E-state index in [-0.39, 0.29) is 30.1 Å². The molecule has 1 atom stereocenters. The van der Waals surface area contributed by atoms with Crippen LogP contribution in [0.25, 0.3) is 0 Å². The molecule has 4 rings (SSSR count). The molecule has 0 unspecified atom stereocenters. The standard InChI is InChI=1S/C31H36OPSi.HI/c1-34(2,3)32-28(26-27-16-8-4-9-17-27)24-25-33(29-18-10-5-11-19-29,30-20-12-6-13-21-30)31-22-14-7-15-23-31;/h4-23,28H,24-26H2,1-3H3;1H/q+1;/p-1/t28-;/m0./s1. The van der Waals surface area contributed by atoms with E-state index < -0.39 is 15.6 Å². The van der Waals surface area contributed by atoms with Gasteiger partial charge in [-0.1, -0.05) is 84.9 Å². The molecule has 0 aliphatic carbocycles. The van der Waals surface area contributed by atoms with Crippen LogP contribution in [0.3, 0.4) is 0 Å². The Balaban J connectivity index is 0.00000342. The third-order valence-corrected chi connectivity index (χ3v) is 11.7. The van der Waals surface area contributed by atoms with Crippen molar-refractivity contribution in [2.45, 2.75) is 38.6 Å². The van der Waals surface area contributed by atoms with Gasteiger partial charge in [0.2, 0.25) is 0 Å². The molecule has 182 valence electrons. The quantitative estimate of drug-likeness (QED) is 0.151. The summed E-state index contributed by atoms with van der Waals surface area (Å²) in [6.45, 7) is 6.91. The zero-order valence-electron chi connectivity index (χ0n) is 21.0. The lowest BCUT2D eigenvalue weighted by Crippen LogP contribution is -3.00. The lowest BCUT2D eigenvalue weighted by molar-refractivity contribution is -0.00000899. The van der Waals surface area contributed by atoms with E-state index in [2.05, 4.69) is 141 Å². The number of rotatable bonds is 10. The first-order valence-electron chi connectivity index (χ1n) is 12.2. The van der Waals surface area contributed by atoms with Gasteiger partial charge in [-0.3, -0.25) is 0 Å². The molecule has 0 spiro atoms. The van der Waals surface area contributed by atoms with Crippen LogP contribution in [0.2, 0.25) is 19.6 Å². The number of hydrogen-bond donors (Lipinski definition) is 0. The van der Waals surface area contributed by atoms with E-state index in [1.54, 1.807) is 0 Å². The Hall–Kier alpha value is -1.78. The molecule has 0 N–H and O–H groups in total. The number of benzene rings is 4. The molecule has 0 bridgehead atoms. The molecule has 0 aromatic heterocycles. The fraction of sp³-hybridized carbons (Fsp3) is 0.226. The Morgan fingerprint density at radius 2 is 0.971 bits per heavy atom. The molecule has 1 nitrogen and oxygen atoms in total. The molecule has 0 aliphatic rings. The van der Waals surface area contributed by atoms with Gasteiger partial charge in [0.05, 0.1) is 12.3 Å². The second-order valence-electron chi connectivity index (χ2n) is 9.87. The fourth-order valence-electron chi connectivity index (χ4n) is 4.80. The monoisotopic (exact) mass is 610 g/mol. The van der Waals surface area contributed by atoms with E-state index in [9.17, 15) is 0 Å². The van der Waals surface area contributed by atoms with Crippen molar-refractivity contribution in [2.24, 2.45) is 0 Å². The average Bonchev–Trinajstić information content (AvgIpc) is 2.86. The second kappa shape index (κ2) is 13.0. The Bertz CT molecular complexity index is 1040. The first-order chi connectivity index (χ1) is 16.5. The third kappa shape index (κ3) is 7.36. The van der Waals surface area contributed by atoms with Gasteiger partial charge in [0.1, 0.15) is 23.2 Å². The highest BCUT2D eigenvalue weighted by atomic mass is 127. The molecular formula is C31H36IOPSi. The highest BCUT2D eigenvalue weighted by Gasteiger charge is 2.45. The Kier molecular flexibility index (Phi) is 10.3. The van der Waals surface area contributed by atoms with Gasteiger partial charge in [0.25, 0.3) is 0 Å². The topological polar surface area (TPSA) is 9.23 Å². The van der Waals surface area contributed by atoms with Crippen LogP contribution in [0.1, 0.15) is 12.0 Å². The summed E-state index contributed by atoms with van der Waals surface area (Å²) in [7, 11) is -3.54. The van der Waals surface area contributed by atoms with Gasteiger partial charge in [-0.15, -0.1) is 0 Å². The summed E-state index contributed by atoms with van der Waals surface area (Å²) in [6, 6.07) is 44.3. The molecule has 0 saturated heterocycles. The summed E-state index contributed by atoms with van der Waals surface area (Å²) in [5.74, 6) is 0. The van der Waals surface area contributed by atoms with Crippen molar-refractivity contribution in [3.05, 3.63) is 127 Å². The maximum absolute atomic E-state index is 6.80. The summed E-state index contributed by atoms with van der Waals surface area (Å²) in [5, 5.41) is 4.33. The van der Waals surface area contributed by atoms with Crippen molar-refractivity contribution < 1.29 is 28.4 Å². The summed E-state index contributed by atoms with van der Waals surface area (Å²) in [4.78, 5) is 0. The highest BCUT2D eigenvalue weighted by Crippen LogP contribution is 2.56. The van der Waals surface area contributed by atoms with Crippen LogP contribution in [-0.4, -0.2) is 20.6 Å². The van der Waals surface area contributed by atoms with Gasteiger partial charge in [0, 0.05) is 6.42 Å². The van der Waals surface area contributed by atoms with E-state index in [0.29, 0.717) is 0 Å². The van der Waals surface area contributed by atoms with Crippen LogP contribution in [0.5, 0.6) is 0 Å². The minimum absolute atomic E-state index is 0. The van der Waals surface area contributed by atoms with E-state index in [1.165, 1.54) is 21.5 Å². The second-order valence-corrected chi connectivity index (χ2v) is 17.9. The molecule has 0 radical (unpaired) electrons. The van der Waals surface area contributed by atoms with Crippen molar-refractivity contribution in [3.63, 3.8) is 0 Å².